The van der Waals surface area contributed by atoms with Gasteiger partial charge in [0.15, 0.2) is 0 Å². The molecule has 10 heteroatoms. The molecule has 0 saturated carbocycles. The molecular weight excluding hydrogens is 508 g/mol. The van der Waals surface area contributed by atoms with Crippen LogP contribution < -0.4 is 5.73 Å². The van der Waals surface area contributed by atoms with Crippen LogP contribution in [0.25, 0.3) is 0 Å². The van der Waals surface area contributed by atoms with Gasteiger partial charge in [-0.2, -0.15) is 0 Å². The van der Waals surface area contributed by atoms with Gasteiger partial charge in [0.2, 0.25) is 0 Å². The van der Waals surface area contributed by atoms with Gasteiger partial charge in [0.05, 0.1) is 4.92 Å². The number of rotatable bonds is 5. The summed E-state index contributed by atoms with van der Waals surface area (Å²) in [6.07, 6.45) is 3.96. The van der Waals surface area contributed by atoms with Crippen LogP contribution in [0.4, 0.5) is 11.4 Å². The van der Waals surface area contributed by atoms with Gasteiger partial charge in [0, 0.05) is 66.7 Å². The Bertz CT molecular complexity index is 1200. The number of carbonyl (C=O) groups is 2. The van der Waals surface area contributed by atoms with Crippen molar-refractivity contribution >= 4 is 23.2 Å². The maximum absolute atomic E-state index is 12.5. The summed E-state index contributed by atoms with van der Waals surface area (Å²) in [6.45, 7) is 6.68. The molecule has 2 fully saturated rings. The zero-order valence-electron chi connectivity index (χ0n) is 24.7. The molecule has 4 rings (SSSR count). The third-order valence-electron chi connectivity index (χ3n) is 8.14. The Hall–Kier alpha value is -3.50. The second-order valence-electron chi connectivity index (χ2n) is 11.3. The summed E-state index contributed by atoms with van der Waals surface area (Å²) in [6, 6.07) is 11.3. The first-order chi connectivity index (χ1) is 18.9. The van der Waals surface area contributed by atoms with E-state index >= 15 is 0 Å². The summed E-state index contributed by atoms with van der Waals surface area (Å²) in [7, 11) is 8.29. The predicted octanol–water partition coefficient (Wildman–Crippen LogP) is 3.81. The fourth-order valence-electron chi connectivity index (χ4n) is 5.25. The molecule has 0 atom stereocenters. The molecule has 0 radical (unpaired) electrons. The van der Waals surface area contributed by atoms with Gasteiger partial charge in [-0.15, -0.1) is 0 Å². The molecule has 0 spiro atoms. The molecule has 2 aromatic rings. The van der Waals surface area contributed by atoms with Gasteiger partial charge in [-0.05, 0) is 91.5 Å². The predicted molar refractivity (Wildman–Crippen MR) is 159 cm³/mol. The number of amides is 2. The molecule has 40 heavy (non-hydrogen) atoms. The van der Waals surface area contributed by atoms with E-state index in [2.05, 4.69) is 23.9 Å². The Kier molecular flexibility index (Phi) is 10.6. The zero-order chi connectivity index (χ0) is 29.6. The number of nitrogens with two attached hydrogens (primary N) is 1. The van der Waals surface area contributed by atoms with Crippen LogP contribution in [0, 0.1) is 24.0 Å². The van der Waals surface area contributed by atoms with Gasteiger partial charge in [-0.3, -0.25) is 19.7 Å². The van der Waals surface area contributed by atoms with E-state index in [4.69, 9.17) is 5.73 Å². The van der Waals surface area contributed by atoms with E-state index in [1.807, 2.05) is 38.1 Å². The highest BCUT2D eigenvalue weighted by atomic mass is 16.6. The minimum atomic E-state index is -0.440. The van der Waals surface area contributed by atoms with Gasteiger partial charge in [-0.25, -0.2) is 0 Å². The van der Waals surface area contributed by atoms with E-state index in [-0.39, 0.29) is 17.5 Å². The fraction of sp³-hybridized carbons (Fsp3) is 0.533. The quantitative estimate of drug-likeness (QED) is 0.341. The van der Waals surface area contributed by atoms with Crippen molar-refractivity contribution in [2.75, 3.05) is 60.1 Å². The van der Waals surface area contributed by atoms with Gasteiger partial charge in [0.1, 0.15) is 0 Å². The average Bonchev–Trinajstić information content (AvgIpc) is 2.94. The maximum Gasteiger partial charge on any atom is 0.273 e. The maximum atomic E-state index is 12.5. The van der Waals surface area contributed by atoms with Crippen molar-refractivity contribution in [3.63, 3.8) is 0 Å². The van der Waals surface area contributed by atoms with Crippen molar-refractivity contribution in [2.45, 2.75) is 51.6 Å². The van der Waals surface area contributed by atoms with Gasteiger partial charge in [0.25, 0.3) is 17.5 Å². The van der Waals surface area contributed by atoms with Crippen LogP contribution in [0.1, 0.15) is 57.5 Å². The van der Waals surface area contributed by atoms with E-state index < -0.39 is 4.92 Å². The van der Waals surface area contributed by atoms with Crippen LogP contribution in [-0.4, -0.2) is 103 Å². The number of hydrogen-bond acceptors (Lipinski definition) is 7. The second-order valence-corrected chi connectivity index (χ2v) is 11.3. The summed E-state index contributed by atoms with van der Waals surface area (Å²) in [4.78, 5) is 43.5. The van der Waals surface area contributed by atoms with Crippen LogP contribution in [0.2, 0.25) is 0 Å². The Labute approximate surface area is 237 Å². The van der Waals surface area contributed by atoms with Crippen molar-refractivity contribution in [2.24, 2.45) is 0 Å². The first-order valence-corrected chi connectivity index (χ1v) is 13.9. The average molecular weight is 553 g/mol. The number of likely N-dealkylation sites (tertiary alicyclic amines) is 2. The van der Waals surface area contributed by atoms with E-state index in [0.717, 1.165) is 44.3 Å². The monoisotopic (exact) mass is 552 g/mol. The molecule has 0 bridgehead atoms. The number of hydrogen-bond donors (Lipinski definition) is 1. The van der Waals surface area contributed by atoms with E-state index in [0.29, 0.717) is 47.6 Å². The SMILES string of the molecule is Cc1ccc(C(=O)N2CCC(N(C)C)CC2)cc1N.Cc1ccc(C(=O)N2CCC(N(C)C)CC2)cc1[N+](=O)[O-]. The Morgan fingerprint density at radius 3 is 1.55 bits per heavy atom. The minimum Gasteiger partial charge on any atom is -0.398 e. The number of carbonyl (C=O) groups excluding carboxylic acids is 2. The number of anilines is 1. The third kappa shape index (κ3) is 7.79. The molecule has 10 nitrogen and oxygen atoms in total. The fourth-order valence-corrected chi connectivity index (χ4v) is 5.25. The molecule has 2 aliphatic heterocycles. The summed E-state index contributed by atoms with van der Waals surface area (Å²) in [5, 5.41) is 11.0. The molecular formula is C30H44N6O4. The lowest BCUT2D eigenvalue weighted by Gasteiger charge is -2.35. The van der Waals surface area contributed by atoms with E-state index in [1.54, 1.807) is 30.0 Å². The highest BCUT2D eigenvalue weighted by molar-refractivity contribution is 5.95. The molecule has 2 saturated heterocycles. The summed E-state index contributed by atoms with van der Waals surface area (Å²) in [5.74, 6) is -0.0146. The first kappa shape index (κ1) is 31.0. The van der Waals surface area contributed by atoms with Gasteiger partial charge >= 0.3 is 0 Å². The van der Waals surface area contributed by atoms with Crippen molar-refractivity contribution < 1.29 is 14.5 Å². The normalized spacial score (nSPS) is 16.6. The zero-order valence-corrected chi connectivity index (χ0v) is 24.7. The molecule has 2 aliphatic rings. The lowest BCUT2D eigenvalue weighted by Crippen LogP contribution is -2.44. The molecule has 2 amide bonds. The molecule has 2 heterocycles. The lowest BCUT2D eigenvalue weighted by molar-refractivity contribution is -0.385. The highest BCUT2D eigenvalue weighted by Gasteiger charge is 2.26. The highest BCUT2D eigenvalue weighted by Crippen LogP contribution is 2.23. The molecule has 0 aliphatic carbocycles. The van der Waals surface area contributed by atoms with Crippen molar-refractivity contribution in [3.8, 4) is 0 Å². The standard InChI is InChI=1S/C15H21N3O3.C15H23N3O/c1-11-4-5-12(10-14(11)18(20)21)15(19)17-8-6-13(7-9-17)16(2)3;1-11-4-5-12(10-14(11)16)15(19)18-8-6-13(7-9-18)17(2)3/h4-5,10,13H,6-9H2,1-3H3;4-5,10,13H,6-9,16H2,1-3H3. The smallest absolute Gasteiger partial charge is 0.273 e. The van der Waals surface area contributed by atoms with Crippen molar-refractivity contribution in [1.82, 2.24) is 19.6 Å². The van der Waals surface area contributed by atoms with E-state index in [9.17, 15) is 19.7 Å². The third-order valence-corrected chi connectivity index (χ3v) is 8.14. The van der Waals surface area contributed by atoms with Gasteiger partial charge in [-0.1, -0.05) is 12.1 Å². The number of nitro benzene ring substituents is 1. The Morgan fingerprint density at radius 2 is 1.18 bits per heavy atom. The molecule has 218 valence electrons. The number of benzene rings is 2. The van der Waals surface area contributed by atoms with Crippen LogP contribution in [0.5, 0.6) is 0 Å². The number of nitro groups is 1. The molecule has 2 N–H and O–H groups in total. The summed E-state index contributed by atoms with van der Waals surface area (Å²) >= 11 is 0. The molecule has 0 aromatic heterocycles. The molecule has 0 unspecified atom stereocenters. The van der Waals surface area contributed by atoms with Crippen LogP contribution >= 0.6 is 0 Å². The van der Waals surface area contributed by atoms with Crippen LogP contribution in [-0.2, 0) is 0 Å². The van der Waals surface area contributed by atoms with Gasteiger partial charge < -0.3 is 25.3 Å². The van der Waals surface area contributed by atoms with Crippen LogP contribution in [0.15, 0.2) is 36.4 Å². The molecule has 2 aromatic carbocycles. The van der Waals surface area contributed by atoms with Crippen molar-refractivity contribution in [3.05, 3.63) is 68.8 Å². The van der Waals surface area contributed by atoms with E-state index in [1.165, 1.54) is 6.07 Å². The number of piperidine rings is 2. The number of nitrogens with zero attached hydrogens (tertiary/aromatic N) is 5. The first-order valence-electron chi connectivity index (χ1n) is 13.9. The summed E-state index contributed by atoms with van der Waals surface area (Å²) < 4.78 is 0. The number of nitrogen functional groups attached to an aromatic ring is 1. The second kappa shape index (κ2) is 13.7. The van der Waals surface area contributed by atoms with Crippen molar-refractivity contribution in [1.29, 1.82) is 0 Å². The summed E-state index contributed by atoms with van der Waals surface area (Å²) in [5.41, 5.74) is 9.25. The Balaban J connectivity index is 0.000000222. The topological polar surface area (TPSA) is 116 Å². The van der Waals surface area contributed by atoms with Crippen LogP contribution in [0.3, 0.4) is 0 Å². The lowest BCUT2D eigenvalue weighted by atomic mass is 10.0. The minimum absolute atomic E-state index is 0.00373. The largest absolute Gasteiger partial charge is 0.398 e. The Morgan fingerprint density at radius 1 is 0.775 bits per heavy atom. The number of aryl methyl sites for hydroxylation is 2.